The average Bonchev–Trinajstić information content (AvgIpc) is 3.47. The molecule has 1 saturated carbocycles. The lowest BCUT2D eigenvalue weighted by atomic mass is 10.0. The Morgan fingerprint density at radius 2 is 1.88 bits per heavy atom. The van der Waals surface area contributed by atoms with Gasteiger partial charge in [0.25, 0.3) is 5.56 Å². The third-order valence-electron chi connectivity index (χ3n) is 5.33. The van der Waals surface area contributed by atoms with Crippen LogP contribution in [0.1, 0.15) is 56.5 Å². The minimum Gasteiger partial charge on any atom is -0.311 e. The number of hydrogen-bond donors (Lipinski definition) is 0. The molecule has 1 fully saturated rings. The molecule has 2 aromatic heterocycles. The summed E-state index contributed by atoms with van der Waals surface area (Å²) in [5, 5.41) is 4.34. The van der Waals surface area contributed by atoms with Crippen molar-refractivity contribution in [3.8, 4) is 0 Å². The Morgan fingerprint density at radius 3 is 2.42 bits per heavy atom. The minimum absolute atomic E-state index is 0.146. The summed E-state index contributed by atoms with van der Waals surface area (Å²) in [5.41, 5.74) is -0.257. The summed E-state index contributed by atoms with van der Waals surface area (Å²) in [6, 6.07) is 5.14. The van der Waals surface area contributed by atoms with Crippen LogP contribution in [0.5, 0.6) is 0 Å². The summed E-state index contributed by atoms with van der Waals surface area (Å²) in [5.74, 6) is 0. The van der Waals surface area contributed by atoms with Crippen molar-refractivity contribution in [3.63, 3.8) is 0 Å². The van der Waals surface area contributed by atoms with E-state index in [4.69, 9.17) is 11.6 Å². The second kappa shape index (κ2) is 8.09. The van der Waals surface area contributed by atoms with E-state index < -0.39 is 32.5 Å². The van der Waals surface area contributed by atoms with Crippen LogP contribution in [0.25, 0.3) is 10.9 Å². The SMILES string of the molecule is Cn1nc2c(=O)n(C3CC3)ccc2c1C(=NS(=O)C(C)(C)C)c1ccc(C(F)(F)F)c(Cl)c1. The Bertz CT molecular complexity index is 1360. The van der Waals surface area contributed by atoms with Crippen molar-refractivity contribution in [3.05, 3.63) is 62.7 Å². The highest BCUT2D eigenvalue weighted by Crippen LogP contribution is 2.36. The Morgan fingerprint density at radius 1 is 1.21 bits per heavy atom. The quantitative estimate of drug-likeness (QED) is 0.473. The zero-order valence-electron chi connectivity index (χ0n) is 18.4. The molecule has 0 radical (unpaired) electrons. The van der Waals surface area contributed by atoms with Gasteiger partial charge in [-0.1, -0.05) is 17.7 Å². The average molecular weight is 499 g/mol. The molecule has 0 aliphatic heterocycles. The summed E-state index contributed by atoms with van der Waals surface area (Å²) < 4.78 is 59.4. The number of aromatic nitrogens is 3. The second-order valence-electron chi connectivity index (χ2n) is 8.99. The maximum Gasteiger partial charge on any atom is 0.417 e. The zero-order chi connectivity index (χ0) is 24.3. The van der Waals surface area contributed by atoms with Crippen molar-refractivity contribution in [2.45, 2.75) is 50.6 Å². The topological polar surface area (TPSA) is 69.2 Å². The smallest absolute Gasteiger partial charge is 0.311 e. The molecule has 0 N–H and O–H groups in total. The zero-order valence-corrected chi connectivity index (χ0v) is 20.0. The van der Waals surface area contributed by atoms with Crippen molar-refractivity contribution in [1.29, 1.82) is 0 Å². The summed E-state index contributed by atoms with van der Waals surface area (Å²) in [6.45, 7) is 5.21. The van der Waals surface area contributed by atoms with Crippen LogP contribution in [0.4, 0.5) is 13.2 Å². The fourth-order valence-corrected chi connectivity index (χ4v) is 4.39. The van der Waals surface area contributed by atoms with Crippen LogP contribution in [-0.4, -0.2) is 29.0 Å². The van der Waals surface area contributed by atoms with Gasteiger partial charge in [-0.15, -0.1) is 0 Å². The van der Waals surface area contributed by atoms with Crippen molar-refractivity contribution in [2.75, 3.05) is 0 Å². The number of benzene rings is 1. The Hall–Kier alpha value is -2.46. The van der Waals surface area contributed by atoms with Crippen molar-refractivity contribution in [1.82, 2.24) is 14.3 Å². The third kappa shape index (κ3) is 4.50. The first-order valence-electron chi connectivity index (χ1n) is 10.2. The first-order chi connectivity index (χ1) is 15.3. The van der Waals surface area contributed by atoms with E-state index in [1.54, 1.807) is 44.6 Å². The van der Waals surface area contributed by atoms with Crippen molar-refractivity contribution in [2.24, 2.45) is 11.4 Å². The van der Waals surface area contributed by atoms with Gasteiger partial charge in [0, 0.05) is 30.2 Å². The normalized spacial score (nSPS) is 16.4. The predicted molar refractivity (Wildman–Crippen MR) is 123 cm³/mol. The second-order valence-corrected chi connectivity index (χ2v) is 11.3. The molecular weight excluding hydrogens is 477 g/mol. The molecule has 1 unspecified atom stereocenters. The molecule has 1 aromatic carbocycles. The maximum atomic E-state index is 13.2. The fourth-order valence-electron chi connectivity index (χ4n) is 3.47. The first-order valence-corrected chi connectivity index (χ1v) is 11.7. The summed E-state index contributed by atoms with van der Waals surface area (Å²) in [7, 11) is -0.133. The fraction of sp³-hybridized carbons (Fsp3) is 0.409. The number of alkyl halides is 3. The molecule has 176 valence electrons. The Labute approximate surface area is 195 Å². The molecule has 1 aliphatic rings. The van der Waals surface area contributed by atoms with Crippen LogP contribution in [0.2, 0.25) is 5.02 Å². The van der Waals surface area contributed by atoms with Crippen LogP contribution in [-0.2, 0) is 24.2 Å². The van der Waals surface area contributed by atoms with Crippen LogP contribution in [0, 0.1) is 0 Å². The maximum absolute atomic E-state index is 13.2. The highest BCUT2D eigenvalue weighted by Gasteiger charge is 2.34. The molecule has 1 atom stereocenters. The monoisotopic (exact) mass is 498 g/mol. The molecule has 33 heavy (non-hydrogen) atoms. The van der Waals surface area contributed by atoms with E-state index in [1.165, 1.54) is 10.7 Å². The molecule has 1 aliphatic carbocycles. The van der Waals surface area contributed by atoms with E-state index in [2.05, 4.69) is 9.50 Å². The van der Waals surface area contributed by atoms with Gasteiger partial charge in [0.2, 0.25) is 0 Å². The number of nitrogens with zero attached hydrogens (tertiary/aromatic N) is 4. The molecule has 0 bridgehead atoms. The third-order valence-corrected chi connectivity index (χ3v) is 7.04. The number of hydrogen-bond acceptors (Lipinski definition) is 3. The van der Waals surface area contributed by atoms with Gasteiger partial charge < -0.3 is 4.57 Å². The van der Waals surface area contributed by atoms with Crippen LogP contribution in [0.15, 0.2) is 39.7 Å². The molecule has 6 nitrogen and oxygen atoms in total. The molecule has 0 saturated heterocycles. The van der Waals surface area contributed by atoms with Crippen molar-refractivity contribution >= 4 is 39.2 Å². The van der Waals surface area contributed by atoms with E-state index in [0.717, 1.165) is 25.0 Å². The highest BCUT2D eigenvalue weighted by molar-refractivity contribution is 7.85. The standard InChI is InChI=1S/C22H22ClF3N4O2S/c1-21(2,3)33(32)28-17(12-5-8-15(16(23)11-12)22(24,25)26)19-14-9-10-30(13-6-7-13)20(31)18(14)27-29(19)4/h5,8-11,13H,6-7H2,1-4H3. The van der Waals surface area contributed by atoms with Gasteiger partial charge in [-0.25, -0.2) is 4.21 Å². The summed E-state index contributed by atoms with van der Waals surface area (Å²) in [6.07, 6.45) is -1.08. The van der Waals surface area contributed by atoms with Gasteiger partial charge in [-0.05, 0) is 51.8 Å². The number of aryl methyl sites for hydroxylation is 1. The van der Waals surface area contributed by atoms with E-state index in [1.807, 2.05) is 0 Å². The molecule has 11 heteroatoms. The van der Waals surface area contributed by atoms with Crippen LogP contribution >= 0.6 is 11.6 Å². The molecular formula is C22H22ClF3N4O2S. The highest BCUT2D eigenvalue weighted by atomic mass is 35.5. The molecule has 3 aromatic rings. The lowest BCUT2D eigenvalue weighted by Gasteiger charge is -2.17. The van der Waals surface area contributed by atoms with Gasteiger partial charge >= 0.3 is 6.18 Å². The van der Waals surface area contributed by atoms with Gasteiger partial charge in [-0.3, -0.25) is 9.48 Å². The Balaban J connectivity index is 1.96. The minimum atomic E-state index is -4.62. The van der Waals surface area contributed by atoms with E-state index >= 15 is 0 Å². The molecule has 2 heterocycles. The van der Waals surface area contributed by atoms with Gasteiger partial charge in [0.05, 0.1) is 21.0 Å². The summed E-state index contributed by atoms with van der Waals surface area (Å²) in [4.78, 5) is 13.0. The van der Waals surface area contributed by atoms with Gasteiger partial charge in [0.1, 0.15) is 16.7 Å². The number of fused-ring (bicyclic) bond motifs is 1. The number of pyridine rings is 1. The van der Waals surface area contributed by atoms with Crippen molar-refractivity contribution < 1.29 is 17.4 Å². The van der Waals surface area contributed by atoms with Gasteiger partial charge in [0.15, 0.2) is 5.52 Å². The summed E-state index contributed by atoms with van der Waals surface area (Å²) >= 11 is 5.97. The lowest BCUT2D eigenvalue weighted by Crippen LogP contribution is -2.22. The predicted octanol–water partition coefficient (Wildman–Crippen LogP) is 5.04. The molecule has 4 rings (SSSR count). The number of rotatable bonds is 4. The lowest BCUT2D eigenvalue weighted by molar-refractivity contribution is -0.137. The van der Waals surface area contributed by atoms with Crippen LogP contribution < -0.4 is 5.56 Å². The number of halogens is 4. The molecule has 0 spiro atoms. The molecule has 0 amide bonds. The van der Waals surface area contributed by atoms with E-state index in [9.17, 15) is 22.2 Å². The van der Waals surface area contributed by atoms with Crippen LogP contribution in [0.3, 0.4) is 0 Å². The van der Waals surface area contributed by atoms with E-state index in [0.29, 0.717) is 11.1 Å². The largest absolute Gasteiger partial charge is 0.417 e. The first kappa shape index (κ1) is 23.7. The van der Waals surface area contributed by atoms with E-state index in [-0.39, 0.29) is 28.4 Å². The Kier molecular flexibility index (Phi) is 5.81. The van der Waals surface area contributed by atoms with Gasteiger partial charge in [-0.2, -0.15) is 22.7 Å².